The molecule has 0 bridgehead atoms. The number of carbonyl (C=O) groups is 3. The van der Waals surface area contributed by atoms with E-state index in [-0.39, 0.29) is 29.8 Å². The molecule has 216 valence electrons. The average molecular weight is 556 g/mol. The third-order valence-electron chi connectivity index (χ3n) is 7.42. The van der Waals surface area contributed by atoms with Crippen LogP contribution < -0.4 is 10.6 Å². The topological polar surface area (TPSA) is 85.0 Å². The van der Waals surface area contributed by atoms with Crippen molar-refractivity contribution in [3.63, 3.8) is 0 Å². The van der Waals surface area contributed by atoms with Crippen LogP contribution in [0.4, 0.5) is 16.2 Å². The van der Waals surface area contributed by atoms with Crippen molar-refractivity contribution in [2.45, 2.75) is 45.8 Å². The summed E-state index contributed by atoms with van der Waals surface area (Å²) in [6.07, 6.45) is 0. The monoisotopic (exact) mass is 555 g/mol. The Labute approximate surface area is 243 Å². The minimum absolute atomic E-state index is 0.00322. The molecule has 1 atom stereocenters. The van der Waals surface area contributed by atoms with Crippen molar-refractivity contribution in [1.29, 1.82) is 0 Å². The molecule has 1 aliphatic rings. The molecule has 1 aliphatic heterocycles. The van der Waals surface area contributed by atoms with Gasteiger partial charge in [0.1, 0.15) is 6.04 Å². The molecule has 0 saturated carbocycles. The zero-order chi connectivity index (χ0) is 29.5. The number of anilines is 2. The van der Waals surface area contributed by atoms with Gasteiger partial charge in [-0.15, -0.1) is 0 Å². The smallest absolute Gasteiger partial charge is 0.322 e. The van der Waals surface area contributed by atoms with E-state index in [2.05, 4.69) is 27.5 Å². The van der Waals surface area contributed by atoms with Gasteiger partial charge in [-0.25, -0.2) is 4.79 Å². The Bertz CT molecular complexity index is 1330. The summed E-state index contributed by atoms with van der Waals surface area (Å²) in [4.78, 5) is 47.0. The number of nitrogens with zero attached hydrogens (tertiary/aromatic N) is 3. The highest BCUT2D eigenvalue weighted by molar-refractivity contribution is 6.15. The maximum Gasteiger partial charge on any atom is 0.322 e. The Balaban J connectivity index is 1.68. The van der Waals surface area contributed by atoms with Crippen molar-refractivity contribution in [3.8, 4) is 0 Å². The summed E-state index contributed by atoms with van der Waals surface area (Å²) in [5.74, 6) is -0.442. The van der Waals surface area contributed by atoms with Crippen LogP contribution in [-0.4, -0.2) is 77.7 Å². The van der Waals surface area contributed by atoms with E-state index in [1.807, 2.05) is 64.1 Å². The summed E-state index contributed by atoms with van der Waals surface area (Å²) in [6, 6.07) is 23.0. The molecule has 3 aromatic rings. The molecule has 1 saturated heterocycles. The molecule has 3 aromatic carbocycles. The Morgan fingerprint density at radius 3 is 1.93 bits per heavy atom. The summed E-state index contributed by atoms with van der Waals surface area (Å²) in [5.41, 5.74) is 2.60. The van der Waals surface area contributed by atoms with Crippen molar-refractivity contribution in [2.75, 3.05) is 43.9 Å². The molecular weight excluding hydrogens is 514 g/mol. The Morgan fingerprint density at radius 1 is 0.756 bits per heavy atom. The van der Waals surface area contributed by atoms with E-state index in [1.165, 1.54) is 0 Å². The number of nitrogens with one attached hydrogen (secondary N) is 2. The lowest BCUT2D eigenvalue weighted by atomic mass is 9.99. The molecule has 8 nitrogen and oxygen atoms in total. The summed E-state index contributed by atoms with van der Waals surface area (Å²) in [5, 5.41) is 6.02. The molecular formula is C33H41N5O3. The van der Waals surface area contributed by atoms with E-state index in [9.17, 15) is 14.4 Å². The molecule has 0 radical (unpaired) electrons. The van der Waals surface area contributed by atoms with Gasteiger partial charge in [-0.05, 0) is 58.5 Å². The number of hydrogen-bond acceptors (Lipinski definition) is 5. The fraction of sp³-hybridized carbons (Fsp3) is 0.364. The first-order valence-corrected chi connectivity index (χ1v) is 14.3. The van der Waals surface area contributed by atoms with Crippen LogP contribution in [0.3, 0.4) is 0 Å². The van der Waals surface area contributed by atoms with Crippen molar-refractivity contribution in [3.05, 3.63) is 95.6 Å². The lowest BCUT2D eigenvalue weighted by molar-refractivity contribution is -0.122. The lowest BCUT2D eigenvalue weighted by Crippen LogP contribution is -2.48. The number of piperazine rings is 1. The molecule has 2 N–H and O–H groups in total. The molecule has 8 heteroatoms. The van der Waals surface area contributed by atoms with Crippen LogP contribution in [0.15, 0.2) is 78.9 Å². The second-order valence-corrected chi connectivity index (χ2v) is 11.1. The number of amides is 3. The SMILES string of the molecule is CC(C)N(C(=O)Nc1ccc(NC(=O)C(c2ccccc2)N2CCN(C)CC2)c(C(=O)c2ccccc2)c1)C(C)C. The van der Waals surface area contributed by atoms with E-state index >= 15 is 0 Å². The highest BCUT2D eigenvalue weighted by Gasteiger charge is 2.31. The minimum atomic E-state index is -0.505. The van der Waals surface area contributed by atoms with Crippen LogP contribution in [0, 0.1) is 0 Å². The first-order valence-electron chi connectivity index (χ1n) is 14.3. The van der Waals surface area contributed by atoms with E-state index in [1.54, 1.807) is 47.4 Å². The highest BCUT2D eigenvalue weighted by atomic mass is 16.2. The number of hydrogen-bond donors (Lipinski definition) is 2. The summed E-state index contributed by atoms with van der Waals surface area (Å²) < 4.78 is 0. The summed E-state index contributed by atoms with van der Waals surface area (Å²) >= 11 is 0. The van der Waals surface area contributed by atoms with Gasteiger partial charge < -0.3 is 20.4 Å². The van der Waals surface area contributed by atoms with Crippen molar-refractivity contribution in [1.82, 2.24) is 14.7 Å². The first-order chi connectivity index (χ1) is 19.7. The van der Waals surface area contributed by atoms with Crippen LogP contribution in [0.1, 0.15) is 55.2 Å². The van der Waals surface area contributed by atoms with Crippen LogP contribution in [0.25, 0.3) is 0 Å². The van der Waals surface area contributed by atoms with Gasteiger partial charge >= 0.3 is 6.03 Å². The number of ketones is 1. The van der Waals surface area contributed by atoms with Crippen LogP contribution in [0.5, 0.6) is 0 Å². The van der Waals surface area contributed by atoms with Gasteiger partial charge in [0.05, 0.1) is 5.69 Å². The number of carbonyl (C=O) groups excluding carboxylic acids is 3. The number of rotatable bonds is 9. The highest BCUT2D eigenvalue weighted by Crippen LogP contribution is 2.28. The molecule has 41 heavy (non-hydrogen) atoms. The zero-order valence-corrected chi connectivity index (χ0v) is 24.6. The largest absolute Gasteiger partial charge is 0.324 e. The van der Waals surface area contributed by atoms with Gasteiger partial charge in [-0.3, -0.25) is 14.5 Å². The molecule has 3 amide bonds. The predicted molar refractivity (Wildman–Crippen MR) is 164 cm³/mol. The van der Waals surface area contributed by atoms with Crippen molar-refractivity contribution >= 4 is 29.1 Å². The molecule has 1 unspecified atom stereocenters. The van der Waals surface area contributed by atoms with Gasteiger partial charge in [-0.1, -0.05) is 60.7 Å². The first kappa shape index (κ1) is 30.0. The summed E-state index contributed by atoms with van der Waals surface area (Å²) in [7, 11) is 2.08. The Morgan fingerprint density at radius 2 is 1.34 bits per heavy atom. The predicted octanol–water partition coefficient (Wildman–Crippen LogP) is 5.50. The third-order valence-corrected chi connectivity index (χ3v) is 7.42. The standard InChI is InChI=1S/C33H41N5O3/c1-23(2)38(24(3)4)33(41)34-27-16-17-29(28(22-27)31(39)26-14-10-7-11-15-26)35-32(40)30(25-12-8-6-9-13-25)37-20-18-36(5)19-21-37/h6-17,22-24,30H,18-21H2,1-5H3,(H,34,41)(H,35,40). The van der Waals surface area contributed by atoms with E-state index in [0.29, 0.717) is 22.5 Å². The normalized spacial score (nSPS) is 15.0. The lowest BCUT2D eigenvalue weighted by Gasteiger charge is -2.37. The number of benzene rings is 3. The van der Waals surface area contributed by atoms with Crippen molar-refractivity contribution < 1.29 is 14.4 Å². The van der Waals surface area contributed by atoms with Gasteiger partial charge in [0.2, 0.25) is 5.91 Å². The van der Waals surface area contributed by atoms with Crippen molar-refractivity contribution in [2.24, 2.45) is 0 Å². The third kappa shape index (κ3) is 7.39. The van der Waals surface area contributed by atoms with Crippen LogP contribution >= 0.6 is 0 Å². The fourth-order valence-corrected chi connectivity index (χ4v) is 5.36. The summed E-state index contributed by atoms with van der Waals surface area (Å²) in [6.45, 7) is 11.1. The molecule has 1 fully saturated rings. The van der Waals surface area contributed by atoms with E-state index in [0.717, 1.165) is 31.7 Å². The maximum atomic E-state index is 14.0. The molecule has 4 rings (SSSR count). The second kappa shape index (κ2) is 13.6. The van der Waals surface area contributed by atoms with Crippen LogP contribution in [0.2, 0.25) is 0 Å². The number of urea groups is 1. The van der Waals surface area contributed by atoms with Gasteiger partial charge in [0, 0.05) is 55.1 Å². The van der Waals surface area contributed by atoms with Gasteiger partial charge in [0.15, 0.2) is 5.78 Å². The van der Waals surface area contributed by atoms with E-state index < -0.39 is 6.04 Å². The van der Waals surface area contributed by atoms with Gasteiger partial charge in [0.25, 0.3) is 0 Å². The van der Waals surface area contributed by atoms with E-state index in [4.69, 9.17) is 0 Å². The molecule has 0 aromatic heterocycles. The quantitative estimate of drug-likeness (QED) is 0.341. The van der Waals surface area contributed by atoms with Crippen LogP contribution in [-0.2, 0) is 4.79 Å². The molecule has 1 heterocycles. The average Bonchev–Trinajstić information content (AvgIpc) is 2.95. The number of likely N-dealkylation sites (N-methyl/N-ethyl adjacent to an activating group) is 1. The molecule has 0 aliphatic carbocycles. The maximum absolute atomic E-state index is 14.0. The second-order valence-electron chi connectivity index (χ2n) is 11.1. The minimum Gasteiger partial charge on any atom is -0.324 e. The van der Waals surface area contributed by atoms with Gasteiger partial charge in [-0.2, -0.15) is 0 Å². The fourth-order valence-electron chi connectivity index (χ4n) is 5.36. The zero-order valence-electron chi connectivity index (χ0n) is 24.6. The molecule has 0 spiro atoms. The Hall–Kier alpha value is -4.01. The Kier molecular flexibility index (Phi) is 9.91.